The SMILES string of the molecule is [N-]=[N+]=NN[C@H]1C(O)O[C@H](CO)[C@H](O)[C@@H]1O. The molecule has 1 fully saturated rings. The zero-order valence-corrected chi connectivity index (χ0v) is 7.63. The highest BCUT2D eigenvalue weighted by Gasteiger charge is 2.45. The van der Waals surface area contributed by atoms with E-state index in [1.807, 2.05) is 0 Å². The quantitative estimate of drug-likeness (QED) is 0.155. The van der Waals surface area contributed by atoms with Gasteiger partial charge in [-0.15, -0.1) is 5.53 Å². The fourth-order valence-electron chi connectivity index (χ4n) is 1.33. The second kappa shape index (κ2) is 5.12. The Morgan fingerprint density at radius 2 is 2.00 bits per heavy atom. The number of hydrogen-bond acceptors (Lipinski definition) is 6. The van der Waals surface area contributed by atoms with Gasteiger partial charge in [0.25, 0.3) is 0 Å². The summed E-state index contributed by atoms with van der Waals surface area (Å²) in [6.45, 7) is -0.538. The summed E-state index contributed by atoms with van der Waals surface area (Å²) in [6.07, 6.45) is -5.33. The van der Waals surface area contributed by atoms with Crippen molar-refractivity contribution in [2.75, 3.05) is 6.61 Å². The summed E-state index contributed by atoms with van der Waals surface area (Å²) in [5, 5.41) is 39.9. The van der Waals surface area contributed by atoms with Crippen LogP contribution >= 0.6 is 0 Å². The van der Waals surface area contributed by atoms with Gasteiger partial charge < -0.3 is 25.2 Å². The number of hydrogen-bond donors (Lipinski definition) is 5. The largest absolute Gasteiger partial charge is 0.394 e. The fourth-order valence-corrected chi connectivity index (χ4v) is 1.33. The lowest BCUT2D eigenvalue weighted by molar-refractivity contribution is -0.254. The molecule has 1 rings (SSSR count). The van der Waals surface area contributed by atoms with Gasteiger partial charge in [0.2, 0.25) is 0 Å². The van der Waals surface area contributed by atoms with E-state index in [0.717, 1.165) is 0 Å². The van der Waals surface area contributed by atoms with E-state index in [2.05, 4.69) is 15.6 Å². The Balaban J connectivity index is 2.69. The van der Waals surface area contributed by atoms with E-state index in [0.29, 0.717) is 0 Å². The summed E-state index contributed by atoms with van der Waals surface area (Å²) >= 11 is 0. The highest BCUT2D eigenvalue weighted by molar-refractivity contribution is 4.91. The molecule has 0 aliphatic carbocycles. The predicted octanol–water partition coefficient (Wildman–Crippen LogP) is -2.40. The van der Waals surface area contributed by atoms with E-state index >= 15 is 0 Å². The van der Waals surface area contributed by atoms with Crippen LogP contribution in [0.4, 0.5) is 0 Å². The standard InChI is InChI=1S/C6H12N4O5/c7-9-10-8-3-5(13)4(12)2(1-11)15-6(3)14/h2-6,8,11-14H,1H2/t2-,3-,4+,5-,6?/m1/s1. The molecule has 1 aliphatic rings. The van der Waals surface area contributed by atoms with E-state index in [1.165, 1.54) is 0 Å². The molecule has 0 aromatic heterocycles. The molecule has 0 aromatic carbocycles. The summed E-state index contributed by atoms with van der Waals surface area (Å²) in [4.78, 5) is 2.37. The summed E-state index contributed by atoms with van der Waals surface area (Å²) in [5.74, 6) is 0. The van der Waals surface area contributed by atoms with Crippen molar-refractivity contribution >= 4 is 0 Å². The van der Waals surface area contributed by atoms with Gasteiger partial charge in [0.1, 0.15) is 18.3 Å². The smallest absolute Gasteiger partial charge is 0.199 e. The number of nitrogens with one attached hydrogen (secondary N) is 1. The predicted molar refractivity (Wildman–Crippen MR) is 46.0 cm³/mol. The van der Waals surface area contributed by atoms with Crippen LogP contribution in [0.3, 0.4) is 0 Å². The monoisotopic (exact) mass is 220 g/mol. The molecule has 0 amide bonds. The van der Waals surface area contributed by atoms with Gasteiger partial charge >= 0.3 is 0 Å². The van der Waals surface area contributed by atoms with Crippen LogP contribution in [-0.4, -0.2) is 57.7 Å². The second-order valence-electron chi connectivity index (χ2n) is 3.07. The average molecular weight is 220 g/mol. The number of nitrogens with zero attached hydrogens (tertiary/aromatic N) is 3. The van der Waals surface area contributed by atoms with E-state index in [4.69, 9.17) is 15.4 Å². The van der Waals surface area contributed by atoms with Crippen molar-refractivity contribution in [3.05, 3.63) is 10.4 Å². The number of aliphatic hydroxyl groups excluding tert-OH is 4. The molecule has 9 heteroatoms. The molecule has 5 N–H and O–H groups in total. The minimum atomic E-state index is -1.48. The molecule has 0 radical (unpaired) electrons. The van der Waals surface area contributed by atoms with Crippen molar-refractivity contribution in [3.63, 3.8) is 0 Å². The Morgan fingerprint density at radius 1 is 1.33 bits per heavy atom. The van der Waals surface area contributed by atoms with Gasteiger partial charge in [-0.1, -0.05) is 0 Å². The zero-order valence-electron chi connectivity index (χ0n) is 7.63. The topological polar surface area (TPSA) is 151 Å². The van der Waals surface area contributed by atoms with E-state index in [9.17, 15) is 15.3 Å². The number of aliphatic hydroxyl groups is 4. The molecule has 5 atom stereocenters. The van der Waals surface area contributed by atoms with Crippen LogP contribution in [0.25, 0.3) is 10.4 Å². The lowest BCUT2D eigenvalue weighted by Crippen LogP contribution is -2.62. The van der Waals surface area contributed by atoms with Crippen LogP contribution in [0, 0.1) is 0 Å². The van der Waals surface area contributed by atoms with Crippen molar-refractivity contribution < 1.29 is 25.2 Å². The maximum Gasteiger partial charge on any atom is 0.199 e. The third kappa shape index (κ3) is 2.48. The normalized spacial score (nSPS) is 40.7. The molecule has 1 saturated heterocycles. The minimum Gasteiger partial charge on any atom is -0.394 e. The third-order valence-corrected chi connectivity index (χ3v) is 2.15. The number of azide groups is 1. The van der Waals surface area contributed by atoms with Gasteiger partial charge in [-0.3, -0.25) is 5.43 Å². The second-order valence-corrected chi connectivity index (χ2v) is 3.07. The van der Waals surface area contributed by atoms with Crippen LogP contribution in [0.2, 0.25) is 0 Å². The Kier molecular flexibility index (Phi) is 4.09. The van der Waals surface area contributed by atoms with Crippen molar-refractivity contribution in [1.82, 2.24) is 5.43 Å². The lowest BCUT2D eigenvalue weighted by atomic mass is 9.98. The minimum absolute atomic E-state index is 0.538. The molecule has 0 aromatic rings. The first kappa shape index (κ1) is 12.0. The van der Waals surface area contributed by atoms with Gasteiger partial charge in [-0.25, -0.2) is 0 Å². The first-order chi connectivity index (χ1) is 7.11. The first-order valence-electron chi connectivity index (χ1n) is 4.22. The van der Waals surface area contributed by atoms with Crippen molar-refractivity contribution in [1.29, 1.82) is 0 Å². The highest BCUT2D eigenvalue weighted by atomic mass is 16.6. The van der Waals surface area contributed by atoms with Gasteiger partial charge in [-0.05, 0) is 5.22 Å². The molecule has 86 valence electrons. The van der Waals surface area contributed by atoms with Gasteiger partial charge in [-0.2, -0.15) is 4.91 Å². The molecule has 1 heterocycles. The van der Waals surface area contributed by atoms with Crippen molar-refractivity contribution in [2.45, 2.75) is 30.6 Å². The van der Waals surface area contributed by atoms with Gasteiger partial charge in [0, 0.05) is 0 Å². The fraction of sp³-hybridized carbons (Fsp3) is 1.00. The van der Waals surface area contributed by atoms with Crippen LogP contribution in [0.1, 0.15) is 0 Å². The van der Waals surface area contributed by atoms with Crippen LogP contribution in [-0.2, 0) is 4.74 Å². The highest BCUT2D eigenvalue weighted by Crippen LogP contribution is 2.19. The molecule has 1 aliphatic heterocycles. The Bertz CT molecular complexity index is 258. The third-order valence-electron chi connectivity index (χ3n) is 2.15. The Hall–Kier alpha value is -1.09. The van der Waals surface area contributed by atoms with Gasteiger partial charge in [0.15, 0.2) is 12.3 Å². The van der Waals surface area contributed by atoms with Crippen molar-refractivity contribution in [3.8, 4) is 0 Å². The summed E-state index contributed by atoms with van der Waals surface area (Å²) in [6, 6.07) is -1.14. The van der Waals surface area contributed by atoms with Crippen LogP contribution in [0.15, 0.2) is 5.22 Å². The van der Waals surface area contributed by atoms with E-state index in [1.54, 1.807) is 0 Å². The van der Waals surface area contributed by atoms with E-state index in [-0.39, 0.29) is 0 Å². The molecule has 15 heavy (non-hydrogen) atoms. The number of ether oxygens (including phenoxy) is 1. The molecule has 0 bridgehead atoms. The molecule has 9 nitrogen and oxygen atoms in total. The molecule has 0 saturated carbocycles. The Labute approximate surface area is 84.5 Å². The summed E-state index contributed by atoms with van der Waals surface area (Å²) in [5.41, 5.74) is 10.1. The maximum atomic E-state index is 9.49. The molecule has 0 spiro atoms. The maximum absolute atomic E-state index is 9.49. The van der Waals surface area contributed by atoms with E-state index < -0.39 is 37.3 Å². The molecular weight excluding hydrogens is 208 g/mol. The Morgan fingerprint density at radius 3 is 2.53 bits per heavy atom. The zero-order chi connectivity index (χ0) is 11.4. The summed E-state index contributed by atoms with van der Waals surface area (Å²) < 4.78 is 4.78. The number of rotatable bonds is 3. The summed E-state index contributed by atoms with van der Waals surface area (Å²) in [7, 11) is 0. The van der Waals surface area contributed by atoms with Gasteiger partial charge in [0.05, 0.1) is 6.61 Å². The van der Waals surface area contributed by atoms with Crippen LogP contribution < -0.4 is 5.43 Å². The molecular formula is C6H12N4O5. The average Bonchev–Trinajstić information content (AvgIpc) is 2.23. The lowest BCUT2D eigenvalue weighted by Gasteiger charge is -2.37. The van der Waals surface area contributed by atoms with Crippen molar-refractivity contribution in [2.24, 2.45) is 5.22 Å². The molecule has 1 unspecified atom stereocenters. The first-order valence-corrected chi connectivity index (χ1v) is 4.22. The van der Waals surface area contributed by atoms with Crippen LogP contribution in [0.5, 0.6) is 0 Å².